The Hall–Kier alpha value is -2.62. The molecule has 2 aromatic rings. The van der Waals surface area contributed by atoms with Gasteiger partial charge in [-0.2, -0.15) is 0 Å². The SMILES string of the molecule is CC(=O)N(c1ccccc1NC(=O)Cc1ccccc1)C1CC1. The van der Waals surface area contributed by atoms with Crippen molar-refractivity contribution in [1.82, 2.24) is 0 Å². The lowest BCUT2D eigenvalue weighted by molar-refractivity contribution is -0.117. The molecule has 4 heteroatoms. The summed E-state index contributed by atoms with van der Waals surface area (Å²) in [6.45, 7) is 1.57. The first-order valence-corrected chi connectivity index (χ1v) is 7.88. The minimum atomic E-state index is -0.0806. The van der Waals surface area contributed by atoms with E-state index in [1.165, 1.54) is 0 Å². The molecule has 118 valence electrons. The average molecular weight is 308 g/mol. The zero-order valence-electron chi connectivity index (χ0n) is 13.2. The molecule has 1 N–H and O–H groups in total. The van der Waals surface area contributed by atoms with Gasteiger partial charge in [-0.05, 0) is 30.5 Å². The van der Waals surface area contributed by atoms with E-state index >= 15 is 0 Å². The van der Waals surface area contributed by atoms with E-state index in [4.69, 9.17) is 0 Å². The summed E-state index contributed by atoms with van der Waals surface area (Å²) in [6.07, 6.45) is 2.36. The van der Waals surface area contributed by atoms with Crippen molar-refractivity contribution in [3.8, 4) is 0 Å². The first kappa shape index (κ1) is 15.3. The molecule has 1 aliphatic carbocycles. The molecule has 1 aliphatic rings. The Kier molecular flexibility index (Phi) is 4.42. The molecule has 2 amide bonds. The number of nitrogens with one attached hydrogen (secondary N) is 1. The van der Waals surface area contributed by atoms with Crippen LogP contribution in [0.25, 0.3) is 0 Å². The van der Waals surface area contributed by atoms with Crippen molar-refractivity contribution in [2.75, 3.05) is 10.2 Å². The molecule has 2 aromatic carbocycles. The van der Waals surface area contributed by atoms with Crippen molar-refractivity contribution in [2.45, 2.75) is 32.2 Å². The maximum atomic E-state index is 12.3. The minimum Gasteiger partial charge on any atom is -0.324 e. The Morgan fingerprint density at radius 1 is 1.04 bits per heavy atom. The standard InChI is InChI=1S/C19H20N2O2/c1-14(22)21(16-11-12-16)18-10-6-5-9-17(18)20-19(23)13-15-7-3-2-4-8-15/h2-10,16H,11-13H2,1H3,(H,20,23). The van der Waals surface area contributed by atoms with Crippen LogP contribution in [0, 0.1) is 0 Å². The number of anilines is 2. The first-order valence-electron chi connectivity index (χ1n) is 7.88. The third kappa shape index (κ3) is 3.77. The van der Waals surface area contributed by atoms with Gasteiger partial charge in [0.1, 0.15) is 0 Å². The van der Waals surface area contributed by atoms with Crippen molar-refractivity contribution in [3.63, 3.8) is 0 Å². The fourth-order valence-corrected chi connectivity index (χ4v) is 2.72. The van der Waals surface area contributed by atoms with Crippen molar-refractivity contribution in [2.24, 2.45) is 0 Å². The molecule has 0 saturated heterocycles. The number of amides is 2. The van der Waals surface area contributed by atoms with Gasteiger partial charge < -0.3 is 10.2 Å². The highest BCUT2D eigenvalue weighted by molar-refractivity contribution is 6.01. The summed E-state index contributed by atoms with van der Waals surface area (Å²) in [5, 5.41) is 2.94. The van der Waals surface area contributed by atoms with Crippen LogP contribution in [0.3, 0.4) is 0 Å². The molecule has 0 radical (unpaired) electrons. The van der Waals surface area contributed by atoms with Crippen molar-refractivity contribution in [3.05, 3.63) is 60.2 Å². The Balaban J connectivity index is 1.77. The molecule has 0 heterocycles. The van der Waals surface area contributed by atoms with Gasteiger partial charge in [-0.25, -0.2) is 0 Å². The van der Waals surface area contributed by atoms with E-state index in [-0.39, 0.29) is 17.9 Å². The fraction of sp³-hybridized carbons (Fsp3) is 0.263. The van der Waals surface area contributed by atoms with E-state index in [0.29, 0.717) is 12.1 Å². The molecule has 0 bridgehead atoms. The van der Waals surface area contributed by atoms with E-state index in [2.05, 4.69) is 5.32 Å². The molecule has 0 atom stereocenters. The van der Waals surface area contributed by atoms with Crippen LogP contribution in [0.15, 0.2) is 54.6 Å². The van der Waals surface area contributed by atoms with E-state index in [0.717, 1.165) is 24.1 Å². The number of carbonyl (C=O) groups excluding carboxylic acids is 2. The number of rotatable bonds is 5. The van der Waals surface area contributed by atoms with Crippen LogP contribution in [0.4, 0.5) is 11.4 Å². The lowest BCUT2D eigenvalue weighted by Crippen LogP contribution is -2.31. The predicted octanol–water partition coefficient (Wildman–Crippen LogP) is 3.38. The van der Waals surface area contributed by atoms with E-state index < -0.39 is 0 Å². The highest BCUT2D eigenvalue weighted by atomic mass is 16.2. The van der Waals surface area contributed by atoms with Crippen LogP contribution >= 0.6 is 0 Å². The van der Waals surface area contributed by atoms with Crippen molar-refractivity contribution >= 4 is 23.2 Å². The van der Waals surface area contributed by atoms with E-state index in [1.807, 2.05) is 54.6 Å². The average Bonchev–Trinajstić information content (AvgIpc) is 3.34. The minimum absolute atomic E-state index is 0.0114. The number of carbonyl (C=O) groups is 2. The van der Waals surface area contributed by atoms with Crippen LogP contribution < -0.4 is 10.2 Å². The molecule has 0 aliphatic heterocycles. The molecule has 3 rings (SSSR count). The predicted molar refractivity (Wildman–Crippen MR) is 91.4 cm³/mol. The normalized spacial score (nSPS) is 13.4. The Morgan fingerprint density at radius 3 is 2.35 bits per heavy atom. The molecule has 23 heavy (non-hydrogen) atoms. The monoisotopic (exact) mass is 308 g/mol. The summed E-state index contributed by atoms with van der Waals surface area (Å²) >= 11 is 0. The van der Waals surface area contributed by atoms with Crippen molar-refractivity contribution in [1.29, 1.82) is 0 Å². The molecule has 1 fully saturated rings. The lowest BCUT2D eigenvalue weighted by Gasteiger charge is -2.23. The zero-order valence-corrected chi connectivity index (χ0v) is 13.2. The Bertz CT molecular complexity index is 708. The quantitative estimate of drug-likeness (QED) is 0.920. The smallest absolute Gasteiger partial charge is 0.228 e. The van der Waals surface area contributed by atoms with E-state index in [9.17, 15) is 9.59 Å². The summed E-state index contributed by atoms with van der Waals surface area (Å²) in [5.74, 6) is -0.0693. The van der Waals surface area contributed by atoms with Crippen LogP contribution in [0.5, 0.6) is 0 Å². The van der Waals surface area contributed by atoms with Gasteiger partial charge in [0.15, 0.2) is 0 Å². The highest BCUT2D eigenvalue weighted by Gasteiger charge is 2.33. The second-order valence-electron chi connectivity index (χ2n) is 5.85. The zero-order chi connectivity index (χ0) is 16.2. The Labute approximate surface area is 136 Å². The molecule has 0 unspecified atom stereocenters. The van der Waals surface area contributed by atoms with Crippen LogP contribution in [-0.2, 0) is 16.0 Å². The van der Waals surface area contributed by atoms with Gasteiger partial charge in [-0.1, -0.05) is 42.5 Å². The van der Waals surface area contributed by atoms with Crippen molar-refractivity contribution < 1.29 is 9.59 Å². The third-order valence-corrected chi connectivity index (χ3v) is 3.90. The topological polar surface area (TPSA) is 49.4 Å². The molecule has 4 nitrogen and oxygen atoms in total. The lowest BCUT2D eigenvalue weighted by atomic mass is 10.1. The highest BCUT2D eigenvalue weighted by Crippen LogP contribution is 2.35. The number of hydrogen-bond acceptors (Lipinski definition) is 2. The third-order valence-electron chi connectivity index (χ3n) is 3.90. The molecular formula is C19H20N2O2. The van der Waals surface area contributed by atoms with Gasteiger partial charge in [-0.3, -0.25) is 9.59 Å². The molecular weight excluding hydrogens is 288 g/mol. The number of nitrogens with zero attached hydrogens (tertiary/aromatic N) is 1. The van der Waals surface area contributed by atoms with Gasteiger partial charge >= 0.3 is 0 Å². The van der Waals surface area contributed by atoms with Crippen LogP contribution in [0.1, 0.15) is 25.3 Å². The summed E-state index contributed by atoms with van der Waals surface area (Å²) in [6, 6.07) is 17.4. The van der Waals surface area contributed by atoms with E-state index in [1.54, 1.807) is 11.8 Å². The van der Waals surface area contributed by atoms with Gasteiger partial charge in [-0.15, -0.1) is 0 Å². The summed E-state index contributed by atoms with van der Waals surface area (Å²) in [7, 11) is 0. The summed E-state index contributed by atoms with van der Waals surface area (Å²) in [5.41, 5.74) is 2.44. The molecule has 0 aromatic heterocycles. The second kappa shape index (κ2) is 6.65. The Morgan fingerprint density at radius 2 is 1.70 bits per heavy atom. The van der Waals surface area contributed by atoms with Gasteiger partial charge in [0.05, 0.1) is 17.8 Å². The summed E-state index contributed by atoms with van der Waals surface area (Å²) in [4.78, 5) is 26.1. The number of benzene rings is 2. The first-order chi connectivity index (χ1) is 11.1. The van der Waals surface area contributed by atoms with Gasteiger partial charge in [0.25, 0.3) is 0 Å². The van der Waals surface area contributed by atoms with Gasteiger partial charge in [0, 0.05) is 13.0 Å². The number of hydrogen-bond donors (Lipinski definition) is 1. The fourth-order valence-electron chi connectivity index (χ4n) is 2.72. The maximum absolute atomic E-state index is 12.3. The van der Waals surface area contributed by atoms with Gasteiger partial charge in [0.2, 0.25) is 11.8 Å². The van der Waals surface area contributed by atoms with Crippen LogP contribution in [0.2, 0.25) is 0 Å². The molecule has 0 spiro atoms. The largest absolute Gasteiger partial charge is 0.324 e. The summed E-state index contributed by atoms with van der Waals surface area (Å²) < 4.78 is 0. The second-order valence-corrected chi connectivity index (χ2v) is 5.85. The number of para-hydroxylation sites is 2. The maximum Gasteiger partial charge on any atom is 0.228 e. The van der Waals surface area contributed by atoms with Crippen LogP contribution in [-0.4, -0.2) is 17.9 Å². The molecule has 1 saturated carbocycles.